The van der Waals surface area contributed by atoms with Crippen molar-refractivity contribution in [1.82, 2.24) is 9.88 Å². The number of hydrogen-bond acceptors (Lipinski definition) is 5. The molecule has 1 amide bonds. The van der Waals surface area contributed by atoms with E-state index in [0.717, 1.165) is 16.5 Å². The molecule has 5 rings (SSSR count). The molecule has 0 aliphatic carbocycles. The number of rotatable bonds is 6. The summed E-state index contributed by atoms with van der Waals surface area (Å²) in [5, 5.41) is 21.7. The number of benzene rings is 3. The van der Waals surface area contributed by atoms with Gasteiger partial charge in [0, 0.05) is 29.2 Å². The second-order valence-corrected chi connectivity index (χ2v) is 8.57. The lowest BCUT2D eigenvalue weighted by molar-refractivity contribution is -0.139. The Morgan fingerprint density at radius 2 is 1.78 bits per heavy atom. The summed E-state index contributed by atoms with van der Waals surface area (Å²) >= 11 is 0. The van der Waals surface area contributed by atoms with Crippen molar-refractivity contribution in [2.45, 2.75) is 12.5 Å². The summed E-state index contributed by atoms with van der Waals surface area (Å²) in [4.78, 5) is 30.9. The van der Waals surface area contributed by atoms with Crippen molar-refractivity contribution in [3.8, 4) is 11.5 Å². The zero-order valence-corrected chi connectivity index (χ0v) is 19.4. The number of methoxy groups -OCH3 is 1. The number of carbonyl (C=O) groups is 2. The lowest BCUT2D eigenvalue weighted by Crippen LogP contribution is -2.31. The van der Waals surface area contributed by atoms with E-state index in [1.807, 2.05) is 24.4 Å². The first-order chi connectivity index (χ1) is 17.4. The quantitative estimate of drug-likeness (QED) is 0.209. The topological polar surface area (TPSA) is 103 Å². The molecule has 4 aromatic rings. The highest BCUT2D eigenvalue weighted by atomic mass is 19.1. The number of aliphatic hydroxyl groups is 1. The molecule has 3 N–H and O–H groups in total. The monoisotopic (exact) mass is 486 g/mol. The van der Waals surface area contributed by atoms with Gasteiger partial charge in [-0.05, 0) is 72.1 Å². The number of hydrogen-bond donors (Lipinski definition) is 3. The van der Waals surface area contributed by atoms with Crippen LogP contribution < -0.4 is 4.74 Å². The zero-order valence-electron chi connectivity index (χ0n) is 19.4. The first kappa shape index (κ1) is 23.2. The van der Waals surface area contributed by atoms with Gasteiger partial charge in [-0.1, -0.05) is 12.1 Å². The predicted molar refractivity (Wildman–Crippen MR) is 132 cm³/mol. The Bertz CT molecular complexity index is 1490. The van der Waals surface area contributed by atoms with Crippen molar-refractivity contribution in [3.63, 3.8) is 0 Å². The van der Waals surface area contributed by atoms with Gasteiger partial charge in [0.15, 0.2) is 0 Å². The van der Waals surface area contributed by atoms with Crippen LogP contribution in [-0.4, -0.2) is 45.4 Å². The molecule has 0 unspecified atom stereocenters. The molecule has 182 valence electrons. The van der Waals surface area contributed by atoms with Crippen LogP contribution in [0.5, 0.6) is 11.5 Å². The van der Waals surface area contributed by atoms with Crippen LogP contribution in [0, 0.1) is 5.82 Å². The summed E-state index contributed by atoms with van der Waals surface area (Å²) in [5.41, 5.74) is 2.55. The van der Waals surface area contributed by atoms with Crippen LogP contribution in [-0.2, 0) is 16.0 Å². The molecule has 8 heteroatoms. The maximum atomic E-state index is 13.4. The van der Waals surface area contributed by atoms with Crippen molar-refractivity contribution in [2.75, 3.05) is 13.7 Å². The molecule has 0 spiro atoms. The van der Waals surface area contributed by atoms with Gasteiger partial charge in [-0.2, -0.15) is 0 Å². The number of fused-ring (bicyclic) bond motifs is 1. The van der Waals surface area contributed by atoms with Gasteiger partial charge in [0.25, 0.3) is 11.7 Å². The summed E-state index contributed by atoms with van der Waals surface area (Å²) in [7, 11) is 1.59. The molecule has 3 aromatic carbocycles. The Hall–Kier alpha value is -4.59. The molecule has 0 bridgehead atoms. The molecule has 36 heavy (non-hydrogen) atoms. The Balaban J connectivity index is 1.55. The van der Waals surface area contributed by atoms with Crippen LogP contribution in [0.15, 0.2) is 78.5 Å². The number of amides is 1. The number of nitrogens with one attached hydrogen (secondary N) is 1. The molecule has 1 aliphatic rings. The highest BCUT2D eigenvalue weighted by Crippen LogP contribution is 2.40. The fourth-order valence-electron chi connectivity index (χ4n) is 4.61. The number of ketones is 1. The number of aromatic nitrogens is 1. The Kier molecular flexibility index (Phi) is 5.93. The van der Waals surface area contributed by atoms with Crippen LogP contribution in [0.1, 0.15) is 22.7 Å². The van der Waals surface area contributed by atoms with E-state index in [9.17, 15) is 24.2 Å². The van der Waals surface area contributed by atoms with E-state index in [1.54, 1.807) is 19.2 Å². The van der Waals surface area contributed by atoms with E-state index in [2.05, 4.69) is 4.98 Å². The van der Waals surface area contributed by atoms with Gasteiger partial charge in [0.2, 0.25) is 0 Å². The van der Waals surface area contributed by atoms with E-state index < -0.39 is 23.5 Å². The number of phenolic OH excluding ortho intramolecular Hbond substituents is 1. The third kappa shape index (κ3) is 4.07. The minimum atomic E-state index is -0.879. The number of carbonyl (C=O) groups excluding carboxylic acids is 2. The van der Waals surface area contributed by atoms with Crippen molar-refractivity contribution < 1.29 is 28.9 Å². The van der Waals surface area contributed by atoms with Gasteiger partial charge in [0.05, 0.1) is 18.7 Å². The number of Topliss-reactive ketones (excluding diaryl/α,β-unsaturated/α-hetero) is 1. The second kappa shape index (κ2) is 9.22. The number of aromatic amines is 1. The summed E-state index contributed by atoms with van der Waals surface area (Å²) in [5.74, 6) is -1.71. The number of aliphatic hydroxyl groups excluding tert-OH is 1. The summed E-state index contributed by atoms with van der Waals surface area (Å²) < 4.78 is 18.8. The molecule has 1 aliphatic heterocycles. The third-order valence-corrected chi connectivity index (χ3v) is 6.46. The van der Waals surface area contributed by atoms with Gasteiger partial charge in [-0.15, -0.1) is 0 Å². The average molecular weight is 486 g/mol. The fraction of sp³-hybridized carbons (Fsp3) is 0.143. The van der Waals surface area contributed by atoms with Gasteiger partial charge < -0.3 is 24.8 Å². The number of ether oxygens (including phenoxy) is 1. The Morgan fingerprint density at radius 3 is 2.47 bits per heavy atom. The molecule has 0 radical (unpaired) electrons. The first-order valence-corrected chi connectivity index (χ1v) is 11.3. The van der Waals surface area contributed by atoms with Crippen LogP contribution >= 0.6 is 0 Å². The van der Waals surface area contributed by atoms with Gasteiger partial charge in [-0.3, -0.25) is 9.59 Å². The van der Waals surface area contributed by atoms with Gasteiger partial charge in [0.1, 0.15) is 23.1 Å². The lowest BCUT2D eigenvalue weighted by Gasteiger charge is -2.25. The Labute approximate surface area is 206 Å². The molecule has 1 fully saturated rings. The standard InChI is InChI=1S/C28H23FN2O5/c1-36-21-10-11-23-22(14-21)18(15-30-23)12-13-31-25(16-4-8-20(32)9-5-16)24(27(34)28(31)35)26(33)17-2-6-19(29)7-3-17/h2-11,14-15,25,30,32-33H,12-13H2,1H3/t25-/m0/s1. The predicted octanol–water partition coefficient (Wildman–Crippen LogP) is 4.69. The molecule has 2 heterocycles. The second-order valence-electron chi connectivity index (χ2n) is 8.57. The van der Waals surface area contributed by atoms with Crippen LogP contribution in [0.25, 0.3) is 16.7 Å². The number of aromatic hydroxyl groups is 1. The van der Waals surface area contributed by atoms with Crippen molar-refractivity contribution in [2.24, 2.45) is 0 Å². The number of halogens is 1. The molecule has 1 aromatic heterocycles. The van der Waals surface area contributed by atoms with Crippen molar-refractivity contribution in [3.05, 3.63) is 101 Å². The fourth-order valence-corrected chi connectivity index (χ4v) is 4.61. The van der Waals surface area contributed by atoms with E-state index >= 15 is 0 Å². The molecule has 1 saturated heterocycles. The molecular weight excluding hydrogens is 463 g/mol. The average Bonchev–Trinajstić information content (AvgIpc) is 3.40. The van der Waals surface area contributed by atoms with Crippen molar-refractivity contribution in [1.29, 1.82) is 0 Å². The van der Waals surface area contributed by atoms with Gasteiger partial charge in [-0.25, -0.2) is 4.39 Å². The summed E-state index contributed by atoms with van der Waals surface area (Å²) in [6, 6.07) is 16.0. The largest absolute Gasteiger partial charge is 0.508 e. The minimum Gasteiger partial charge on any atom is -0.508 e. The highest BCUT2D eigenvalue weighted by Gasteiger charge is 2.45. The summed E-state index contributed by atoms with van der Waals surface area (Å²) in [6.45, 7) is 0.195. The normalized spacial score (nSPS) is 17.2. The molecule has 0 saturated carbocycles. The summed E-state index contributed by atoms with van der Waals surface area (Å²) in [6.07, 6.45) is 2.29. The molecular formula is C28H23FN2O5. The first-order valence-electron chi connectivity index (χ1n) is 11.3. The Morgan fingerprint density at radius 1 is 1.06 bits per heavy atom. The van der Waals surface area contributed by atoms with E-state index in [1.165, 1.54) is 41.3 Å². The highest BCUT2D eigenvalue weighted by molar-refractivity contribution is 6.46. The minimum absolute atomic E-state index is 0.0296. The van der Waals surface area contributed by atoms with Crippen LogP contribution in [0.4, 0.5) is 4.39 Å². The molecule has 7 nitrogen and oxygen atoms in total. The van der Waals surface area contributed by atoms with E-state index in [0.29, 0.717) is 17.7 Å². The maximum absolute atomic E-state index is 13.4. The van der Waals surface area contributed by atoms with Gasteiger partial charge >= 0.3 is 0 Å². The smallest absolute Gasteiger partial charge is 0.295 e. The number of phenols is 1. The molecule has 1 atom stereocenters. The number of nitrogens with zero attached hydrogens (tertiary/aromatic N) is 1. The SMILES string of the molecule is COc1ccc2[nH]cc(CCN3C(=O)C(=O)C(=C(O)c4ccc(F)cc4)[C@@H]3c3ccc(O)cc3)c2c1. The maximum Gasteiger partial charge on any atom is 0.295 e. The third-order valence-electron chi connectivity index (χ3n) is 6.46. The van der Waals surface area contributed by atoms with E-state index in [-0.39, 0.29) is 29.2 Å². The number of likely N-dealkylation sites (tertiary alicyclic amines) is 1. The van der Waals surface area contributed by atoms with Crippen molar-refractivity contribution >= 4 is 28.4 Å². The number of H-pyrrole nitrogens is 1. The van der Waals surface area contributed by atoms with Crippen LogP contribution in [0.2, 0.25) is 0 Å². The van der Waals surface area contributed by atoms with Crippen LogP contribution in [0.3, 0.4) is 0 Å². The zero-order chi connectivity index (χ0) is 25.4. The lowest BCUT2D eigenvalue weighted by atomic mass is 9.95. The van der Waals surface area contributed by atoms with E-state index in [4.69, 9.17) is 4.74 Å².